The van der Waals surface area contributed by atoms with E-state index in [0.29, 0.717) is 19.5 Å². The Kier molecular flexibility index (Phi) is 7.97. The Labute approximate surface area is 199 Å². The molecule has 0 aliphatic carbocycles. The Morgan fingerprint density at radius 3 is 2.34 bits per heavy atom. The molecule has 32 heavy (non-hydrogen) atoms. The minimum Gasteiger partial charge on any atom is -0.385 e. The van der Waals surface area contributed by atoms with Gasteiger partial charge in [-0.25, -0.2) is 0 Å². The van der Waals surface area contributed by atoms with Crippen LogP contribution in [0.4, 0.5) is 5.69 Å². The Bertz CT molecular complexity index is 1010. The van der Waals surface area contributed by atoms with Crippen LogP contribution in [0.15, 0.2) is 83.3 Å². The molecule has 0 saturated carbocycles. The summed E-state index contributed by atoms with van der Waals surface area (Å²) in [6.45, 7) is 4.99. The van der Waals surface area contributed by atoms with E-state index in [4.69, 9.17) is 0 Å². The summed E-state index contributed by atoms with van der Waals surface area (Å²) in [5.41, 5.74) is 4.63. The monoisotopic (exact) mass is 491 g/mol. The second-order valence-electron chi connectivity index (χ2n) is 8.32. The van der Waals surface area contributed by atoms with Crippen molar-refractivity contribution in [3.05, 3.63) is 100 Å². The average molecular weight is 492 g/mol. The largest absolute Gasteiger partial charge is 0.385 e. The lowest BCUT2D eigenvalue weighted by atomic mass is 10.1. The molecule has 166 valence electrons. The molecule has 1 aliphatic rings. The maximum Gasteiger partial charge on any atom is 0.227 e. The Morgan fingerprint density at radius 1 is 0.875 bits per heavy atom. The molecule has 1 amide bonds. The summed E-state index contributed by atoms with van der Waals surface area (Å²) in [6.07, 6.45) is 1.48. The second-order valence-corrected chi connectivity index (χ2v) is 9.24. The molecule has 1 aliphatic heterocycles. The van der Waals surface area contributed by atoms with Crippen molar-refractivity contribution in [2.75, 3.05) is 31.5 Å². The highest BCUT2D eigenvalue weighted by atomic mass is 79.9. The molecule has 1 N–H and O–H groups in total. The predicted octanol–water partition coefficient (Wildman–Crippen LogP) is 5.34. The van der Waals surface area contributed by atoms with Gasteiger partial charge < -0.3 is 10.2 Å². The van der Waals surface area contributed by atoms with E-state index >= 15 is 0 Å². The van der Waals surface area contributed by atoms with Gasteiger partial charge in [0, 0.05) is 49.4 Å². The van der Waals surface area contributed by atoms with Crippen molar-refractivity contribution in [1.82, 2.24) is 9.80 Å². The van der Waals surface area contributed by atoms with E-state index < -0.39 is 0 Å². The van der Waals surface area contributed by atoms with Gasteiger partial charge in [0.05, 0.1) is 6.42 Å². The summed E-state index contributed by atoms with van der Waals surface area (Å²) in [7, 11) is 0. The lowest BCUT2D eigenvalue weighted by Crippen LogP contribution is -2.39. The first-order valence-corrected chi connectivity index (χ1v) is 12.1. The number of nitrogens with one attached hydrogen (secondary N) is 1. The molecule has 4 nitrogen and oxygen atoms in total. The number of anilines is 1. The number of fused-ring (bicyclic) bond motifs is 1. The molecule has 0 bridgehead atoms. The van der Waals surface area contributed by atoms with Gasteiger partial charge >= 0.3 is 0 Å². The number of hydrogen-bond acceptors (Lipinski definition) is 3. The van der Waals surface area contributed by atoms with Gasteiger partial charge in [0.15, 0.2) is 0 Å². The third kappa shape index (κ3) is 6.44. The van der Waals surface area contributed by atoms with Crippen LogP contribution in [0.5, 0.6) is 0 Å². The molecule has 1 heterocycles. The number of nitrogens with zero attached hydrogens (tertiary/aromatic N) is 2. The Hall–Kier alpha value is -2.63. The highest BCUT2D eigenvalue weighted by Gasteiger charge is 2.19. The molecule has 0 aromatic heterocycles. The van der Waals surface area contributed by atoms with Crippen LogP contribution in [0.2, 0.25) is 0 Å². The smallest absolute Gasteiger partial charge is 0.227 e. The van der Waals surface area contributed by atoms with Gasteiger partial charge in [0.2, 0.25) is 5.91 Å². The van der Waals surface area contributed by atoms with E-state index in [-0.39, 0.29) is 5.91 Å². The number of carbonyl (C=O) groups excluding carboxylic acids is 1. The predicted molar refractivity (Wildman–Crippen MR) is 135 cm³/mol. The second kappa shape index (κ2) is 11.3. The summed E-state index contributed by atoms with van der Waals surface area (Å²) in [6, 6.07) is 26.9. The van der Waals surface area contributed by atoms with Gasteiger partial charge in [-0.3, -0.25) is 9.69 Å². The van der Waals surface area contributed by atoms with Gasteiger partial charge in [-0.15, -0.1) is 0 Å². The summed E-state index contributed by atoms with van der Waals surface area (Å²) < 4.78 is 1.04. The van der Waals surface area contributed by atoms with Gasteiger partial charge in [0.25, 0.3) is 0 Å². The van der Waals surface area contributed by atoms with Crippen LogP contribution in [-0.4, -0.2) is 41.9 Å². The van der Waals surface area contributed by atoms with Crippen LogP contribution >= 0.6 is 15.9 Å². The first kappa shape index (κ1) is 22.6. The highest BCUT2D eigenvalue weighted by molar-refractivity contribution is 9.10. The first-order chi connectivity index (χ1) is 15.7. The SMILES string of the molecule is O=C(Cc1ccccc1)N1CCN(Cc2ccccc2)CCCNc2ccc(Br)cc2C1. The molecule has 0 spiro atoms. The van der Waals surface area contributed by atoms with Crippen LogP contribution in [0.25, 0.3) is 0 Å². The molecular formula is C27H30BrN3O. The minimum absolute atomic E-state index is 0.168. The van der Waals surface area contributed by atoms with Gasteiger partial charge in [-0.1, -0.05) is 76.6 Å². The topological polar surface area (TPSA) is 35.6 Å². The molecule has 0 radical (unpaired) electrons. The van der Waals surface area contributed by atoms with E-state index in [1.807, 2.05) is 35.2 Å². The fourth-order valence-electron chi connectivity index (χ4n) is 4.14. The van der Waals surface area contributed by atoms with Gasteiger partial charge in [0.1, 0.15) is 0 Å². The molecular weight excluding hydrogens is 462 g/mol. The standard InChI is InChI=1S/C27H30BrN3O/c28-25-12-13-26-24(19-25)21-31(27(32)18-22-8-3-1-4-9-22)17-16-30(15-7-14-29-26)20-23-10-5-2-6-11-23/h1-6,8-13,19,29H,7,14-18,20-21H2. The summed E-state index contributed by atoms with van der Waals surface area (Å²) in [5, 5.41) is 3.60. The van der Waals surface area contributed by atoms with E-state index in [9.17, 15) is 4.79 Å². The molecule has 3 aromatic rings. The van der Waals surface area contributed by atoms with Crippen molar-refractivity contribution < 1.29 is 4.79 Å². The fraction of sp³-hybridized carbons (Fsp3) is 0.296. The summed E-state index contributed by atoms with van der Waals surface area (Å²) in [5.74, 6) is 0.168. The number of benzene rings is 3. The normalized spacial score (nSPS) is 15.3. The highest BCUT2D eigenvalue weighted by Crippen LogP contribution is 2.24. The van der Waals surface area contributed by atoms with Crippen molar-refractivity contribution in [3.8, 4) is 0 Å². The van der Waals surface area contributed by atoms with Gasteiger partial charge in [-0.05, 0) is 41.3 Å². The number of rotatable bonds is 4. The molecule has 0 unspecified atom stereocenters. The molecule has 0 atom stereocenters. The first-order valence-electron chi connectivity index (χ1n) is 11.3. The van der Waals surface area contributed by atoms with Crippen molar-refractivity contribution in [2.24, 2.45) is 0 Å². The molecule has 4 rings (SSSR count). The third-order valence-electron chi connectivity index (χ3n) is 5.88. The lowest BCUT2D eigenvalue weighted by Gasteiger charge is -2.28. The van der Waals surface area contributed by atoms with Crippen molar-refractivity contribution in [3.63, 3.8) is 0 Å². The fourth-order valence-corrected chi connectivity index (χ4v) is 4.55. The molecule has 0 saturated heterocycles. The average Bonchev–Trinajstić information content (AvgIpc) is 2.84. The lowest BCUT2D eigenvalue weighted by molar-refractivity contribution is -0.131. The Balaban J connectivity index is 1.55. The van der Waals surface area contributed by atoms with Crippen LogP contribution in [-0.2, 0) is 24.3 Å². The molecule has 3 aromatic carbocycles. The Morgan fingerprint density at radius 2 is 1.59 bits per heavy atom. The number of halogens is 1. The zero-order valence-corrected chi connectivity index (χ0v) is 19.9. The summed E-state index contributed by atoms with van der Waals surface area (Å²) in [4.78, 5) is 17.8. The zero-order chi connectivity index (χ0) is 22.2. The number of hydrogen-bond donors (Lipinski definition) is 1. The quantitative estimate of drug-likeness (QED) is 0.534. The van der Waals surface area contributed by atoms with Crippen molar-refractivity contribution >= 4 is 27.5 Å². The number of carbonyl (C=O) groups is 1. The van der Waals surface area contributed by atoms with Crippen LogP contribution in [0, 0.1) is 0 Å². The molecule has 5 heteroatoms. The third-order valence-corrected chi connectivity index (χ3v) is 6.37. The van der Waals surface area contributed by atoms with E-state index in [1.165, 1.54) is 5.56 Å². The minimum atomic E-state index is 0.168. The number of amides is 1. The van der Waals surface area contributed by atoms with E-state index in [2.05, 4.69) is 74.7 Å². The zero-order valence-electron chi connectivity index (χ0n) is 18.3. The maximum absolute atomic E-state index is 13.4. The van der Waals surface area contributed by atoms with Crippen LogP contribution < -0.4 is 5.32 Å². The van der Waals surface area contributed by atoms with Crippen molar-refractivity contribution in [1.29, 1.82) is 0 Å². The summed E-state index contributed by atoms with van der Waals surface area (Å²) >= 11 is 3.60. The maximum atomic E-state index is 13.4. The van der Waals surface area contributed by atoms with E-state index in [0.717, 1.165) is 53.9 Å². The molecule has 0 fully saturated rings. The van der Waals surface area contributed by atoms with Crippen LogP contribution in [0.1, 0.15) is 23.1 Å². The van der Waals surface area contributed by atoms with E-state index in [1.54, 1.807) is 0 Å². The van der Waals surface area contributed by atoms with Gasteiger partial charge in [-0.2, -0.15) is 0 Å². The van der Waals surface area contributed by atoms with Crippen molar-refractivity contribution in [2.45, 2.75) is 25.9 Å². The van der Waals surface area contributed by atoms with Crippen LogP contribution in [0.3, 0.4) is 0 Å².